The molecule has 0 bridgehead atoms. The maximum Gasteiger partial charge on any atom is 0.242 e. The summed E-state index contributed by atoms with van der Waals surface area (Å²) >= 11 is 0. The summed E-state index contributed by atoms with van der Waals surface area (Å²) < 4.78 is 13.4. The van der Waals surface area contributed by atoms with Crippen molar-refractivity contribution in [3.8, 4) is 0 Å². The summed E-state index contributed by atoms with van der Waals surface area (Å²) in [6.45, 7) is 5.67. The van der Waals surface area contributed by atoms with Gasteiger partial charge in [0.15, 0.2) is 0 Å². The number of hydrogen-bond donors (Lipinski definition) is 1. The Morgan fingerprint density at radius 2 is 1.65 bits per heavy atom. The Balaban J connectivity index is 1.73. The molecule has 3 rings (SSSR count). The van der Waals surface area contributed by atoms with Crippen molar-refractivity contribution in [1.29, 1.82) is 0 Å². The first-order valence-corrected chi connectivity index (χ1v) is 12.4. The fourth-order valence-corrected chi connectivity index (χ4v) is 4.21. The summed E-state index contributed by atoms with van der Waals surface area (Å²) in [4.78, 5) is 32.9. The molecule has 6 heteroatoms. The molecule has 0 fully saturated rings. The molecular weight excluding hydrogens is 429 g/mol. The third-order valence-electron chi connectivity index (χ3n) is 6.13. The summed E-state index contributed by atoms with van der Waals surface area (Å²) in [7, 11) is 0. The zero-order valence-electron chi connectivity index (χ0n) is 20.4. The number of nitrogens with zero attached hydrogens (tertiary/aromatic N) is 2. The Kier molecular flexibility index (Phi) is 9.68. The predicted molar refractivity (Wildman–Crippen MR) is 135 cm³/mol. The molecule has 34 heavy (non-hydrogen) atoms. The first-order valence-electron chi connectivity index (χ1n) is 12.4. The normalized spacial score (nSPS) is 11.0. The van der Waals surface area contributed by atoms with Crippen molar-refractivity contribution in [2.75, 3.05) is 19.6 Å². The number of carbonyl (C=O) groups excluding carboxylic acids is 2. The topological polar surface area (TPSA) is 56.4 Å². The summed E-state index contributed by atoms with van der Waals surface area (Å²) in [5.74, 6) is -0.337. The molecule has 0 aliphatic carbocycles. The van der Waals surface area contributed by atoms with Crippen molar-refractivity contribution < 1.29 is 14.0 Å². The maximum absolute atomic E-state index is 13.4. The molecule has 1 aromatic heterocycles. The molecule has 0 aliphatic rings. The number of halogens is 1. The third-order valence-corrected chi connectivity index (χ3v) is 6.13. The molecule has 3 aromatic rings. The van der Waals surface area contributed by atoms with Crippen LogP contribution in [0.25, 0.3) is 10.9 Å². The molecule has 0 unspecified atom stereocenters. The van der Waals surface area contributed by atoms with E-state index >= 15 is 0 Å². The molecule has 5 nitrogen and oxygen atoms in total. The van der Waals surface area contributed by atoms with E-state index in [4.69, 9.17) is 0 Å². The van der Waals surface area contributed by atoms with E-state index in [1.165, 1.54) is 12.1 Å². The number of para-hydroxylation sites is 1. The van der Waals surface area contributed by atoms with Crippen molar-refractivity contribution >= 4 is 22.7 Å². The number of nitrogens with one attached hydrogen (secondary N) is 1. The Morgan fingerprint density at radius 3 is 2.38 bits per heavy atom. The van der Waals surface area contributed by atoms with E-state index in [0.29, 0.717) is 32.5 Å². The average Bonchev–Trinajstić information content (AvgIpc) is 3.25. The van der Waals surface area contributed by atoms with Crippen LogP contribution < -0.4 is 0 Å². The number of amides is 2. The number of rotatable bonds is 13. The summed E-state index contributed by atoms with van der Waals surface area (Å²) in [5.41, 5.74) is 3.08. The van der Waals surface area contributed by atoms with Gasteiger partial charge in [0, 0.05) is 43.2 Å². The van der Waals surface area contributed by atoms with Crippen LogP contribution in [-0.2, 0) is 22.6 Å². The number of aromatic nitrogens is 1. The van der Waals surface area contributed by atoms with Gasteiger partial charge in [-0.1, -0.05) is 57.0 Å². The Hall–Kier alpha value is -3.15. The molecule has 2 amide bonds. The van der Waals surface area contributed by atoms with Crippen molar-refractivity contribution in [1.82, 2.24) is 14.8 Å². The smallest absolute Gasteiger partial charge is 0.242 e. The molecule has 182 valence electrons. The predicted octanol–water partition coefficient (Wildman–Crippen LogP) is 5.70. The average molecular weight is 466 g/mol. The molecule has 0 atom stereocenters. The highest BCUT2D eigenvalue weighted by Crippen LogP contribution is 2.19. The van der Waals surface area contributed by atoms with E-state index in [1.807, 2.05) is 31.3 Å². The van der Waals surface area contributed by atoms with Gasteiger partial charge in [-0.05, 0) is 48.6 Å². The van der Waals surface area contributed by atoms with Crippen LogP contribution in [0.5, 0.6) is 0 Å². The van der Waals surface area contributed by atoms with Gasteiger partial charge in [0.1, 0.15) is 5.82 Å². The lowest BCUT2D eigenvalue weighted by Gasteiger charge is -2.28. The van der Waals surface area contributed by atoms with Crippen molar-refractivity contribution in [2.45, 2.75) is 58.9 Å². The summed E-state index contributed by atoms with van der Waals surface area (Å²) in [6.07, 6.45) is 6.89. The zero-order chi connectivity index (χ0) is 24.3. The molecule has 1 heterocycles. The Bertz CT molecular complexity index is 1060. The number of carbonyl (C=O) groups is 2. The van der Waals surface area contributed by atoms with Crippen LogP contribution >= 0.6 is 0 Å². The van der Waals surface area contributed by atoms with Gasteiger partial charge < -0.3 is 14.8 Å². The molecule has 2 aromatic carbocycles. The van der Waals surface area contributed by atoms with Crippen molar-refractivity contribution in [2.24, 2.45) is 0 Å². The Labute approximate surface area is 201 Å². The minimum atomic E-state index is -0.299. The number of aromatic amines is 1. The molecule has 0 saturated heterocycles. The molecule has 0 radical (unpaired) electrons. The van der Waals surface area contributed by atoms with Gasteiger partial charge in [-0.3, -0.25) is 9.59 Å². The maximum atomic E-state index is 13.4. The third kappa shape index (κ3) is 7.17. The van der Waals surface area contributed by atoms with Gasteiger partial charge in [-0.2, -0.15) is 0 Å². The summed E-state index contributed by atoms with van der Waals surface area (Å²) in [5, 5.41) is 1.15. The van der Waals surface area contributed by atoms with Gasteiger partial charge in [-0.15, -0.1) is 0 Å². The first-order chi connectivity index (χ1) is 16.5. The fourth-order valence-electron chi connectivity index (χ4n) is 4.21. The van der Waals surface area contributed by atoms with Crippen LogP contribution in [-0.4, -0.2) is 46.2 Å². The van der Waals surface area contributed by atoms with Crippen LogP contribution in [0.3, 0.4) is 0 Å². The summed E-state index contributed by atoms with van der Waals surface area (Å²) in [6, 6.07) is 14.4. The van der Waals surface area contributed by atoms with Crippen molar-refractivity contribution in [3.63, 3.8) is 0 Å². The van der Waals surface area contributed by atoms with Gasteiger partial charge in [0.05, 0.1) is 6.54 Å². The SMILES string of the molecule is CCCCCC(=O)N(CCC)CC(=O)N(CCc1c[nH]c2ccccc12)Cc1ccc(F)cc1. The molecule has 0 spiro atoms. The second-order valence-electron chi connectivity index (χ2n) is 8.82. The van der Waals surface area contributed by atoms with Crippen LogP contribution in [0.15, 0.2) is 54.7 Å². The lowest BCUT2D eigenvalue weighted by Crippen LogP contribution is -2.43. The minimum Gasteiger partial charge on any atom is -0.361 e. The zero-order valence-corrected chi connectivity index (χ0v) is 20.4. The monoisotopic (exact) mass is 465 g/mol. The van der Waals surface area contributed by atoms with E-state index in [1.54, 1.807) is 21.9 Å². The van der Waals surface area contributed by atoms with Gasteiger partial charge in [0.25, 0.3) is 0 Å². The highest BCUT2D eigenvalue weighted by molar-refractivity contribution is 5.85. The highest BCUT2D eigenvalue weighted by atomic mass is 19.1. The lowest BCUT2D eigenvalue weighted by atomic mass is 10.1. The number of hydrogen-bond acceptors (Lipinski definition) is 2. The van der Waals surface area contributed by atoms with Gasteiger partial charge >= 0.3 is 0 Å². The van der Waals surface area contributed by atoms with E-state index < -0.39 is 0 Å². The van der Waals surface area contributed by atoms with E-state index in [0.717, 1.165) is 47.7 Å². The standard InChI is InChI=1S/C28H36FN3O2/c1-3-5-6-11-27(33)31(17-4-2)21-28(34)32(20-22-12-14-24(29)15-13-22)18-16-23-19-30-26-10-8-7-9-25(23)26/h7-10,12-15,19,30H,3-6,11,16-18,20-21H2,1-2H3. The van der Waals surface area contributed by atoms with Crippen LogP contribution in [0.2, 0.25) is 0 Å². The van der Waals surface area contributed by atoms with E-state index in [2.05, 4.69) is 18.0 Å². The van der Waals surface area contributed by atoms with Crippen LogP contribution in [0.4, 0.5) is 4.39 Å². The second kappa shape index (κ2) is 12.9. The highest BCUT2D eigenvalue weighted by Gasteiger charge is 2.21. The lowest BCUT2D eigenvalue weighted by molar-refractivity contribution is -0.141. The van der Waals surface area contributed by atoms with Crippen LogP contribution in [0, 0.1) is 5.82 Å². The fraction of sp³-hybridized carbons (Fsp3) is 0.429. The second-order valence-corrected chi connectivity index (χ2v) is 8.82. The van der Waals surface area contributed by atoms with Crippen LogP contribution in [0.1, 0.15) is 57.1 Å². The minimum absolute atomic E-state index is 0.0435. The molecule has 0 aliphatic heterocycles. The first kappa shape index (κ1) is 25.5. The quantitative estimate of drug-likeness (QED) is 0.329. The van der Waals surface area contributed by atoms with Crippen molar-refractivity contribution in [3.05, 3.63) is 71.7 Å². The molecular formula is C28H36FN3O2. The number of benzene rings is 2. The van der Waals surface area contributed by atoms with Gasteiger partial charge in [-0.25, -0.2) is 4.39 Å². The number of unbranched alkanes of at least 4 members (excludes halogenated alkanes) is 2. The molecule has 0 saturated carbocycles. The Morgan fingerprint density at radius 1 is 0.882 bits per heavy atom. The van der Waals surface area contributed by atoms with E-state index in [-0.39, 0.29) is 24.2 Å². The largest absolute Gasteiger partial charge is 0.361 e. The number of H-pyrrole nitrogens is 1. The van der Waals surface area contributed by atoms with Gasteiger partial charge in [0.2, 0.25) is 11.8 Å². The molecule has 1 N–H and O–H groups in total. The van der Waals surface area contributed by atoms with E-state index in [9.17, 15) is 14.0 Å². The number of fused-ring (bicyclic) bond motifs is 1.